The van der Waals surface area contributed by atoms with Gasteiger partial charge in [0.25, 0.3) is 5.91 Å². The standard InChI is InChI=1S/C24H20ClFN2O2S2/c25-19-7-3-8-20(26)18(19)14-27-12-15(17-6-1-2-9-21(17)27)11-22-23(29)28(24(31)32-22)13-16-5-4-10-30-16/h1-3,6-9,11-12,16H,4-5,10,13-14H2/b22-11-/t16-/m1/s1. The second kappa shape index (κ2) is 8.98. The van der Waals surface area contributed by atoms with Gasteiger partial charge in [-0.2, -0.15) is 0 Å². The minimum absolute atomic E-state index is 0.0456. The molecule has 5 rings (SSSR count). The van der Waals surface area contributed by atoms with Crippen molar-refractivity contribution in [1.82, 2.24) is 9.47 Å². The average molecular weight is 487 g/mol. The number of thiocarbonyl (C=S) groups is 1. The number of nitrogens with zero attached hydrogens (tertiary/aromatic N) is 2. The highest BCUT2D eigenvalue weighted by molar-refractivity contribution is 8.26. The largest absolute Gasteiger partial charge is 0.376 e. The molecule has 0 saturated carbocycles. The van der Waals surface area contributed by atoms with Gasteiger partial charge in [0.05, 0.1) is 24.1 Å². The summed E-state index contributed by atoms with van der Waals surface area (Å²) in [7, 11) is 0. The molecule has 0 unspecified atom stereocenters. The van der Waals surface area contributed by atoms with Gasteiger partial charge in [-0.3, -0.25) is 9.69 Å². The molecule has 0 radical (unpaired) electrons. The highest BCUT2D eigenvalue weighted by Crippen LogP contribution is 2.35. The van der Waals surface area contributed by atoms with Crippen LogP contribution >= 0.6 is 35.6 Å². The fraction of sp³-hybridized carbons (Fsp3) is 0.250. The molecule has 0 N–H and O–H groups in total. The highest BCUT2D eigenvalue weighted by Gasteiger charge is 2.34. The van der Waals surface area contributed by atoms with Crippen LogP contribution in [-0.4, -0.2) is 39.0 Å². The fourth-order valence-corrected chi connectivity index (χ4v) is 5.65. The normalized spacial score (nSPS) is 20.2. The van der Waals surface area contributed by atoms with Gasteiger partial charge >= 0.3 is 0 Å². The molecule has 1 atom stereocenters. The molecule has 1 amide bonds. The minimum atomic E-state index is -0.341. The summed E-state index contributed by atoms with van der Waals surface area (Å²) in [4.78, 5) is 15.3. The third-order valence-corrected chi connectivity index (χ3v) is 7.51. The van der Waals surface area contributed by atoms with Crippen molar-refractivity contribution >= 4 is 62.8 Å². The summed E-state index contributed by atoms with van der Waals surface area (Å²) < 4.78 is 22.6. The zero-order chi connectivity index (χ0) is 22.2. The van der Waals surface area contributed by atoms with Crippen LogP contribution in [0.3, 0.4) is 0 Å². The second-order valence-electron chi connectivity index (χ2n) is 7.86. The number of ether oxygens (including phenoxy) is 1. The first-order chi connectivity index (χ1) is 15.5. The molecule has 2 fully saturated rings. The maximum Gasteiger partial charge on any atom is 0.266 e. The molecule has 32 heavy (non-hydrogen) atoms. The summed E-state index contributed by atoms with van der Waals surface area (Å²) in [6, 6.07) is 12.5. The first-order valence-corrected chi connectivity index (χ1v) is 12.0. The van der Waals surface area contributed by atoms with Crippen molar-refractivity contribution < 1.29 is 13.9 Å². The summed E-state index contributed by atoms with van der Waals surface area (Å²) in [6.07, 6.45) is 5.81. The van der Waals surface area contributed by atoms with Crippen LogP contribution < -0.4 is 0 Å². The molecule has 1 aromatic heterocycles. The number of benzene rings is 2. The van der Waals surface area contributed by atoms with E-state index in [1.165, 1.54) is 17.8 Å². The van der Waals surface area contributed by atoms with Gasteiger partial charge in [0.15, 0.2) is 0 Å². The van der Waals surface area contributed by atoms with Crippen molar-refractivity contribution in [1.29, 1.82) is 0 Å². The number of halogens is 2. The number of carbonyl (C=O) groups excluding carboxylic acids is 1. The summed E-state index contributed by atoms with van der Waals surface area (Å²) in [5.41, 5.74) is 2.25. The average Bonchev–Trinajstić information content (AvgIpc) is 3.48. The molecule has 3 aromatic rings. The Morgan fingerprint density at radius 1 is 1.25 bits per heavy atom. The van der Waals surface area contributed by atoms with E-state index in [4.69, 9.17) is 28.6 Å². The summed E-state index contributed by atoms with van der Waals surface area (Å²) in [5.74, 6) is -0.434. The van der Waals surface area contributed by atoms with Gasteiger partial charge in [-0.1, -0.05) is 59.8 Å². The molecule has 0 bridgehead atoms. The number of hydrogen-bond acceptors (Lipinski definition) is 4. The zero-order valence-electron chi connectivity index (χ0n) is 17.1. The third-order valence-electron chi connectivity index (χ3n) is 5.78. The molecule has 164 valence electrons. The summed E-state index contributed by atoms with van der Waals surface area (Å²) in [6.45, 7) is 1.52. The molecule has 0 spiro atoms. The first kappa shape index (κ1) is 21.6. The van der Waals surface area contributed by atoms with Crippen molar-refractivity contribution in [2.45, 2.75) is 25.5 Å². The lowest BCUT2D eigenvalue weighted by Gasteiger charge is -2.18. The Balaban J connectivity index is 1.48. The number of para-hydroxylation sites is 1. The van der Waals surface area contributed by atoms with Crippen LogP contribution in [0.5, 0.6) is 0 Å². The second-order valence-corrected chi connectivity index (χ2v) is 9.94. The Labute approximate surface area is 200 Å². The van der Waals surface area contributed by atoms with Gasteiger partial charge in [-0.05, 0) is 37.1 Å². The molecule has 2 aromatic carbocycles. The number of thioether (sulfide) groups is 1. The van der Waals surface area contributed by atoms with Gasteiger partial charge in [0.2, 0.25) is 0 Å². The first-order valence-electron chi connectivity index (χ1n) is 10.4. The zero-order valence-corrected chi connectivity index (χ0v) is 19.5. The lowest BCUT2D eigenvalue weighted by molar-refractivity contribution is -0.123. The van der Waals surface area contributed by atoms with Crippen molar-refractivity contribution in [3.05, 3.63) is 75.5 Å². The predicted molar refractivity (Wildman–Crippen MR) is 131 cm³/mol. The van der Waals surface area contributed by atoms with Gasteiger partial charge in [0.1, 0.15) is 10.1 Å². The van der Waals surface area contributed by atoms with Gasteiger partial charge in [-0.15, -0.1) is 0 Å². The quantitative estimate of drug-likeness (QED) is 0.334. The van der Waals surface area contributed by atoms with Crippen LogP contribution in [0.25, 0.3) is 17.0 Å². The van der Waals surface area contributed by atoms with E-state index in [2.05, 4.69) is 0 Å². The number of aromatic nitrogens is 1. The SMILES string of the molecule is O=C1/C(=C/c2cn(Cc3c(F)cccc3Cl)c3ccccc23)SC(=S)N1C[C@H]1CCCO1. The highest BCUT2D eigenvalue weighted by atomic mass is 35.5. The van der Waals surface area contributed by atoms with Crippen LogP contribution in [0.15, 0.2) is 53.6 Å². The smallest absolute Gasteiger partial charge is 0.266 e. The molecule has 3 heterocycles. The summed E-state index contributed by atoms with van der Waals surface area (Å²) in [5, 5.41) is 1.36. The number of amides is 1. The van der Waals surface area contributed by atoms with Gasteiger partial charge in [-0.25, -0.2) is 4.39 Å². The van der Waals surface area contributed by atoms with Crippen molar-refractivity contribution in [3.63, 3.8) is 0 Å². The van der Waals surface area contributed by atoms with Crippen LogP contribution in [0.2, 0.25) is 5.02 Å². The van der Waals surface area contributed by atoms with E-state index in [0.29, 0.717) is 32.9 Å². The Morgan fingerprint density at radius 2 is 2.09 bits per heavy atom. The van der Waals surface area contributed by atoms with Crippen molar-refractivity contribution in [2.75, 3.05) is 13.2 Å². The van der Waals surface area contributed by atoms with E-state index in [-0.39, 0.29) is 17.8 Å². The monoisotopic (exact) mass is 486 g/mol. The lowest BCUT2D eigenvalue weighted by atomic mass is 10.1. The van der Waals surface area contributed by atoms with Crippen molar-refractivity contribution in [2.24, 2.45) is 0 Å². The van der Waals surface area contributed by atoms with Crippen LogP contribution in [0, 0.1) is 5.82 Å². The Bertz CT molecular complexity index is 1230. The fourth-order valence-electron chi connectivity index (χ4n) is 4.17. The predicted octanol–water partition coefficient (Wildman–Crippen LogP) is 5.86. The molecule has 2 saturated heterocycles. The van der Waals surface area contributed by atoms with E-state index < -0.39 is 0 Å². The molecule has 2 aliphatic heterocycles. The number of carbonyl (C=O) groups is 1. The van der Waals surface area contributed by atoms with E-state index in [9.17, 15) is 9.18 Å². The van der Waals surface area contributed by atoms with Crippen LogP contribution in [0.4, 0.5) is 4.39 Å². The maximum absolute atomic E-state index is 14.4. The van der Waals surface area contributed by atoms with Crippen LogP contribution in [-0.2, 0) is 16.1 Å². The van der Waals surface area contributed by atoms with E-state index in [1.54, 1.807) is 17.0 Å². The van der Waals surface area contributed by atoms with Crippen molar-refractivity contribution in [3.8, 4) is 0 Å². The van der Waals surface area contributed by atoms with E-state index >= 15 is 0 Å². The number of fused-ring (bicyclic) bond motifs is 1. The number of hydrogen-bond donors (Lipinski definition) is 0. The van der Waals surface area contributed by atoms with E-state index in [1.807, 2.05) is 41.1 Å². The molecular formula is C24H20ClFN2O2S2. The Morgan fingerprint density at radius 3 is 2.88 bits per heavy atom. The minimum Gasteiger partial charge on any atom is -0.376 e. The molecule has 4 nitrogen and oxygen atoms in total. The Kier molecular flexibility index (Phi) is 6.07. The van der Waals surface area contributed by atoms with E-state index in [0.717, 1.165) is 35.9 Å². The van der Waals surface area contributed by atoms with Crippen LogP contribution in [0.1, 0.15) is 24.0 Å². The maximum atomic E-state index is 14.4. The molecule has 2 aliphatic rings. The van der Waals surface area contributed by atoms with Gasteiger partial charge < -0.3 is 9.30 Å². The van der Waals surface area contributed by atoms with Gasteiger partial charge in [0, 0.05) is 39.9 Å². The molecule has 8 heteroatoms. The number of rotatable bonds is 5. The third kappa shape index (κ3) is 4.10. The summed E-state index contributed by atoms with van der Waals surface area (Å²) >= 11 is 13.0. The molecular weight excluding hydrogens is 467 g/mol. The lowest BCUT2D eigenvalue weighted by Crippen LogP contribution is -2.35. The molecule has 0 aliphatic carbocycles. The topological polar surface area (TPSA) is 34.5 Å². The Hall–Kier alpha value is -2.19.